The van der Waals surface area contributed by atoms with Gasteiger partial charge >= 0.3 is 29.6 Å². The zero-order chi connectivity index (χ0) is 8.85. The van der Waals surface area contributed by atoms with Gasteiger partial charge in [-0.15, -0.1) is 0 Å². The molecule has 0 aliphatic rings. The van der Waals surface area contributed by atoms with Crippen molar-refractivity contribution in [3.05, 3.63) is 7.11 Å². The normalized spacial score (nSPS) is 7.50. The molecule has 0 radical (unpaired) electrons. The second-order valence-electron chi connectivity index (χ2n) is 1.41. The van der Waals surface area contributed by atoms with Gasteiger partial charge in [-0.3, -0.25) is 0 Å². The van der Waals surface area contributed by atoms with Gasteiger partial charge in [-0.05, 0) is 0 Å². The van der Waals surface area contributed by atoms with Gasteiger partial charge in [0, 0.05) is 0 Å². The average molecular weight is 180 g/mol. The first-order valence-corrected chi connectivity index (χ1v) is 2.52. The van der Waals surface area contributed by atoms with Gasteiger partial charge in [0.25, 0.3) is 0 Å². The van der Waals surface area contributed by atoms with Gasteiger partial charge in [0.2, 0.25) is 17.8 Å². The van der Waals surface area contributed by atoms with Crippen LogP contribution in [-0.2, 0) is 0 Å². The van der Waals surface area contributed by atoms with Crippen LogP contribution in [0.5, 0.6) is 0 Å². The Kier molecular flexibility index (Phi) is 8.17. The molecule has 12 heavy (non-hydrogen) atoms. The molecule has 0 fully saturated rings. The first kappa shape index (κ1) is 13.9. The van der Waals surface area contributed by atoms with Crippen molar-refractivity contribution in [1.82, 2.24) is 15.0 Å². The number of anilines is 3. The van der Waals surface area contributed by atoms with Crippen molar-refractivity contribution < 1.29 is 34.7 Å². The SMILES string of the molecule is Nc1nc(N)nc(N)n1.[CH2-]O.[Na+]. The van der Waals surface area contributed by atoms with Crippen molar-refractivity contribution in [2.24, 2.45) is 0 Å². The summed E-state index contributed by atoms with van der Waals surface area (Å²) in [7, 11) is 2.25. The van der Waals surface area contributed by atoms with Crippen LogP contribution in [0.2, 0.25) is 0 Å². The molecule has 1 aromatic heterocycles. The van der Waals surface area contributed by atoms with E-state index in [1.54, 1.807) is 0 Å². The van der Waals surface area contributed by atoms with Gasteiger partial charge in [0.1, 0.15) is 0 Å². The van der Waals surface area contributed by atoms with E-state index < -0.39 is 0 Å². The van der Waals surface area contributed by atoms with Crippen molar-refractivity contribution in [2.45, 2.75) is 0 Å². The maximum atomic E-state index is 6.75. The van der Waals surface area contributed by atoms with Crippen molar-refractivity contribution in [3.8, 4) is 0 Å². The second kappa shape index (κ2) is 7.04. The quantitative estimate of drug-likeness (QED) is 0.234. The summed E-state index contributed by atoms with van der Waals surface area (Å²) in [6, 6.07) is 0. The van der Waals surface area contributed by atoms with Crippen molar-refractivity contribution >= 4 is 17.8 Å². The van der Waals surface area contributed by atoms with E-state index in [2.05, 4.69) is 22.1 Å². The summed E-state index contributed by atoms with van der Waals surface area (Å²) in [5.41, 5.74) is 15.4. The molecule has 0 spiro atoms. The molecule has 7 nitrogen and oxygen atoms in total. The summed E-state index contributed by atoms with van der Waals surface area (Å²) >= 11 is 0. The van der Waals surface area contributed by atoms with Crippen LogP contribution in [0.25, 0.3) is 0 Å². The third-order valence-corrected chi connectivity index (χ3v) is 0.687. The minimum Gasteiger partial charge on any atom is -0.569 e. The molecule has 0 unspecified atom stereocenters. The Balaban J connectivity index is 0. The van der Waals surface area contributed by atoms with Gasteiger partial charge < -0.3 is 22.3 Å². The van der Waals surface area contributed by atoms with Gasteiger partial charge in [0.15, 0.2) is 0 Å². The number of hydrogen-bond acceptors (Lipinski definition) is 7. The molecule has 0 aliphatic carbocycles. The molecule has 0 atom stereocenters. The van der Waals surface area contributed by atoms with Crippen molar-refractivity contribution in [2.75, 3.05) is 17.2 Å². The molecule has 0 saturated heterocycles. The van der Waals surface area contributed by atoms with Crippen molar-refractivity contribution in [3.63, 3.8) is 0 Å². The third kappa shape index (κ3) is 5.08. The van der Waals surface area contributed by atoms with Crippen LogP contribution in [0.1, 0.15) is 0 Å². The number of nitrogens with two attached hydrogens (primary N) is 3. The topological polar surface area (TPSA) is 137 Å². The standard InChI is InChI=1S/C3H6N6.CH3O.Na/c4-1-7-2(5)9-3(6)8-1;1-2;/h(H6,4,5,6,7,8,9);2H,1H2;/q;-1;+1. The number of aliphatic hydroxyl groups excluding tert-OH is 1. The Bertz CT molecular complexity index is 180. The van der Waals surface area contributed by atoms with Crippen LogP contribution in [0, 0.1) is 7.11 Å². The van der Waals surface area contributed by atoms with Crippen LogP contribution < -0.4 is 46.8 Å². The molecule has 1 heterocycles. The molecule has 0 aliphatic heterocycles. The Morgan fingerprint density at radius 3 is 1.17 bits per heavy atom. The average Bonchev–Trinajstić information content (AvgIpc) is 1.88. The van der Waals surface area contributed by atoms with Gasteiger partial charge in [-0.1, -0.05) is 0 Å². The van der Waals surface area contributed by atoms with E-state index in [4.69, 9.17) is 22.3 Å². The summed E-state index contributed by atoms with van der Waals surface area (Å²) in [4.78, 5) is 10.5. The second-order valence-corrected chi connectivity index (χ2v) is 1.41. The molecule has 1 aromatic rings. The molecular weight excluding hydrogens is 171 g/mol. The number of nitrogens with zero attached hydrogens (tertiary/aromatic N) is 3. The summed E-state index contributed by atoms with van der Waals surface area (Å²) in [6.07, 6.45) is 0. The summed E-state index contributed by atoms with van der Waals surface area (Å²) in [6.45, 7) is 0. The fraction of sp³-hybridized carbons (Fsp3) is 0. The van der Waals surface area contributed by atoms with Crippen LogP contribution >= 0.6 is 0 Å². The number of aromatic nitrogens is 3. The maximum absolute atomic E-state index is 6.75. The minimum absolute atomic E-state index is 0. The molecule has 62 valence electrons. The van der Waals surface area contributed by atoms with Gasteiger partial charge in [-0.25, -0.2) is 7.11 Å². The zero-order valence-electron chi connectivity index (χ0n) is 6.73. The fourth-order valence-corrected chi connectivity index (χ4v) is 0.427. The number of nitrogen functional groups attached to an aromatic ring is 3. The molecule has 8 heteroatoms. The van der Waals surface area contributed by atoms with E-state index in [-0.39, 0.29) is 47.4 Å². The number of rotatable bonds is 0. The third-order valence-electron chi connectivity index (χ3n) is 0.687. The van der Waals surface area contributed by atoms with Crippen LogP contribution in [0.4, 0.5) is 17.8 Å². The van der Waals surface area contributed by atoms with Gasteiger partial charge in [0.05, 0.1) is 0 Å². The smallest absolute Gasteiger partial charge is 0.569 e. The Hall–Kier alpha value is -0.630. The van der Waals surface area contributed by atoms with Crippen LogP contribution in [0.3, 0.4) is 0 Å². The summed E-state index contributed by atoms with van der Waals surface area (Å²) in [5, 5.41) is 6.75. The monoisotopic (exact) mass is 180 g/mol. The van der Waals surface area contributed by atoms with Crippen LogP contribution in [0.15, 0.2) is 0 Å². The molecule has 0 aromatic carbocycles. The largest absolute Gasteiger partial charge is 1.00 e. The van der Waals surface area contributed by atoms with E-state index in [0.29, 0.717) is 0 Å². The van der Waals surface area contributed by atoms with E-state index in [0.717, 1.165) is 0 Å². The first-order chi connectivity index (χ1) is 5.18. The number of aliphatic hydroxyl groups is 1. The Morgan fingerprint density at radius 1 is 0.833 bits per heavy atom. The predicted octanol–water partition coefficient (Wildman–Crippen LogP) is -4.23. The number of hydrogen-bond donors (Lipinski definition) is 4. The Labute approximate surface area is 91.7 Å². The summed E-state index contributed by atoms with van der Waals surface area (Å²) in [5.74, 6) is 0.125. The Morgan fingerprint density at radius 2 is 1.00 bits per heavy atom. The van der Waals surface area contributed by atoms with E-state index in [1.807, 2.05) is 0 Å². The molecular formula is C4H9N6NaO. The van der Waals surface area contributed by atoms with Crippen LogP contribution in [-0.4, -0.2) is 20.1 Å². The molecule has 0 bridgehead atoms. The van der Waals surface area contributed by atoms with E-state index >= 15 is 0 Å². The molecule has 1 rings (SSSR count). The van der Waals surface area contributed by atoms with Gasteiger partial charge in [-0.2, -0.15) is 15.0 Å². The molecule has 0 saturated carbocycles. The predicted molar refractivity (Wildman–Crippen MR) is 40.4 cm³/mol. The van der Waals surface area contributed by atoms with E-state index in [1.165, 1.54) is 0 Å². The molecule has 0 amide bonds. The minimum atomic E-state index is 0. The molecule has 7 N–H and O–H groups in total. The first-order valence-electron chi connectivity index (χ1n) is 2.52. The zero-order valence-corrected chi connectivity index (χ0v) is 8.73. The van der Waals surface area contributed by atoms with Crippen molar-refractivity contribution in [1.29, 1.82) is 0 Å². The summed E-state index contributed by atoms with van der Waals surface area (Å²) < 4.78 is 0. The maximum Gasteiger partial charge on any atom is 1.00 e. The fourth-order valence-electron chi connectivity index (χ4n) is 0.427. The van der Waals surface area contributed by atoms with E-state index in [9.17, 15) is 0 Å².